The van der Waals surface area contributed by atoms with Gasteiger partial charge in [0.05, 0.1) is 17.8 Å². The van der Waals surface area contributed by atoms with Gasteiger partial charge in [0.25, 0.3) is 5.91 Å². The van der Waals surface area contributed by atoms with Crippen LogP contribution >= 0.6 is 0 Å². The number of rotatable bonds is 8. The number of carbonyl (C=O) groups excluding carboxylic acids is 1. The van der Waals surface area contributed by atoms with Gasteiger partial charge < -0.3 is 19.9 Å². The second-order valence-corrected chi connectivity index (χ2v) is 8.52. The van der Waals surface area contributed by atoms with Crippen LogP contribution in [0.25, 0.3) is 0 Å². The first-order valence-electron chi connectivity index (χ1n) is 10.4. The standard InChI is InChI=1S/C22H31NO4/c1-2-26-7-8-27-20-6-4-3-5-19(20)21(24)23-14-22(25)17-10-15-9-16(12-17)13-18(22)11-15/h3-6,15-18,25H,2,7-14H2,1H3,(H,23,24). The van der Waals surface area contributed by atoms with Crippen LogP contribution in [0.2, 0.25) is 0 Å². The summed E-state index contributed by atoms with van der Waals surface area (Å²) in [6.07, 6.45) is 5.84. The highest BCUT2D eigenvalue weighted by atomic mass is 16.5. The first-order valence-corrected chi connectivity index (χ1v) is 10.4. The molecule has 27 heavy (non-hydrogen) atoms. The predicted molar refractivity (Wildman–Crippen MR) is 103 cm³/mol. The van der Waals surface area contributed by atoms with Gasteiger partial charge in [-0.15, -0.1) is 0 Å². The summed E-state index contributed by atoms with van der Waals surface area (Å²) in [6.45, 7) is 3.84. The zero-order valence-corrected chi connectivity index (χ0v) is 16.2. The number of benzene rings is 1. The van der Waals surface area contributed by atoms with Crippen molar-refractivity contribution in [3.8, 4) is 5.75 Å². The van der Waals surface area contributed by atoms with Gasteiger partial charge in [-0.3, -0.25) is 4.79 Å². The normalized spacial score (nSPS) is 33.9. The van der Waals surface area contributed by atoms with Gasteiger partial charge in [-0.1, -0.05) is 12.1 Å². The van der Waals surface area contributed by atoms with E-state index in [1.54, 1.807) is 12.1 Å². The molecule has 1 aromatic rings. The van der Waals surface area contributed by atoms with Gasteiger partial charge in [0.1, 0.15) is 12.4 Å². The second-order valence-electron chi connectivity index (χ2n) is 8.52. The van der Waals surface area contributed by atoms with Crippen molar-refractivity contribution in [2.24, 2.45) is 23.7 Å². The molecule has 5 nitrogen and oxygen atoms in total. The summed E-state index contributed by atoms with van der Waals surface area (Å²) < 4.78 is 11.0. The Balaban J connectivity index is 1.38. The third-order valence-corrected chi connectivity index (χ3v) is 6.91. The Hall–Kier alpha value is -1.59. The minimum atomic E-state index is -0.742. The molecule has 4 saturated carbocycles. The molecule has 4 aliphatic carbocycles. The van der Waals surface area contributed by atoms with E-state index < -0.39 is 5.60 Å². The Morgan fingerprint density at radius 2 is 1.78 bits per heavy atom. The molecule has 4 bridgehead atoms. The van der Waals surface area contributed by atoms with E-state index in [0.717, 1.165) is 37.5 Å². The average Bonchev–Trinajstić information content (AvgIpc) is 2.67. The monoisotopic (exact) mass is 373 g/mol. The molecule has 4 aliphatic rings. The number of hydrogen-bond donors (Lipinski definition) is 2. The molecule has 0 unspecified atom stereocenters. The van der Waals surface area contributed by atoms with Crippen LogP contribution in [0, 0.1) is 23.7 Å². The minimum Gasteiger partial charge on any atom is -0.490 e. The second kappa shape index (κ2) is 7.80. The summed E-state index contributed by atoms with van der Waals surface area (Å²) in [6, 6.07) is 7.27. The highest BCUT2D eigenvalue weighted by Crippen LogP contribution is 2.58. The molecule has 1 aromatic carbocycles. The molecule has 0 radical (unpaired) electrons. The molecule has 0 heterocycles. The van der Waals surface area contributed by atoms with E-state index in [-0.39, 0.29) is 5.91 Å². The van der Waals surface area contributed by atoms with E-state index in [9.17, 15) is 9.90 Å². The van der Waals surface area contributed by atoms with E-state index in [1.165, 1.54) is 6.42 Å². The van der Waals surface area contributed by atoms with Gasteiger partial charge in [0.15, 0.2) is 0 Å². The summed E-state index contributed by atoms with van der Waals surface area (Å²) in [5.74, 6) is 2.65. The largest absolute Gasteiger partial charge is 0.490 e. The molecule has 148 valence electrons. The fourth-order valence-corrected chi connectivity index (χ4v) is 5.74. The molecule has 0 atom stereocenters. The zero-order valence-electron chi connectivity index (χ0n) is 16.2. The fourth-order valence-electron chi connectivity index (χ4n) is 5.74. The molecular formula is C22H31NO4. The minimum absolute atomic E-state index is 0.177. The van der Waals surface area contributed by atoms with Crippen molar-refractivity contribution in [1.29, 1.82) is 0 Å². The SMILES string of the molecule is CCOCCOc1ccccc1C(=O)NCC1(O)C2CC3CC(C2)CC1C3. The van der Waals surface area contributed by atoms with Crippen LogP contribution in [0.1, 0.15) is 49.4 Å². The lowest BCUT2D eigenvalue weighted by Gasteiger charge is -2.58. The van der Waals surface area contributed by atoms with Crippen molar-refractivity contribution < 1.29 is 19.4 Å². The van der Waals surface area contributed by atoms with E-state index in [1.807, 2.05) is 19.1 Å². The van der Waals surface area contributed by atoms with E-state index in [0.29, 0.717) is 49.5 Å². The van der Waals surface area contributed by atoms with Crippen molar-refractivity contribution in [2.75, 3.05) is 26.4 Å². The molecule has 0 spiro atoms. The van der Waals surface area contributed by atoms with Crippen molar-refractivity contribution in [2.45, 2.75) is 44.6 Å². The van der Waals surface area contributed by atoms with Gasteiger partial charge in [0.2, 0.25) is 0 Å². The molecule has 2 N–H and O–H groups in total. The predicted octanol–water partition coefficient (Wildman–Crippen LogP) is 3.02. The van der Waals surface area contributed by atoms with Gasteiger partial charge in [0, 0.05) is 13.2 Å². The van der Waals surface area contributed by atoms with Crippen LogP contribution in [0.5, 0.6) is 5.75 Å². The van der Waals surface area contributed by atoms with Crippen molar-refractivity contribution in [1.82, 2.24) is 5.32 Å². The maximum absolute atomic E-state index is 12.8. The smallest absolute Gasteiger partial charge is 0.255 e. The first-order chi connectivity index (χ1) is 13.1. The van der Waals surface area contributed by atoms with Crippen LogP contribution < -0.4 is 10.1 Å². The Bertz CT molecular complexity index is 646. The fraction of sp³-hybridized carbons (Fsp3) is 0.682. The summed E-state index contributed by atoms with van der Waals surface area (Å²) in [7, 11) is 0. The topological polar surface area (TPSA) is 67.8 Å². The Morgan fingerprint density at radius 1 is 1.11 bits per heavy atom. The number of aliphatic hydroxyl groups is 1. The molecule has 0 aliphatic heterocycles. The van der Waals surface area contributed by atoms with Gasteiger partial charge in [-0.05, 0) is 74.8 Å². The lowest BCUT2D eigenvalue weighted by atomic mass is 9.50. The summed E-state index contributed by atoms with van der Waals surface area (Å²) >= 11 is 0. The maximum atomic E-state index is 12.8. The summed E-state index contributed by atoms with van der Waals surface area (Å²) in [5.41, 5.74) is -0.227. The van der Waals surface area contributed by atoms with Crippen molar-refractivity contribution in [3.05, 3.63) is 29.8 Å². The lowest BCUT2D eigenvalue weighted by Crippen LogP contribution is -2.62. The summed E-state index contributed by atoms with van der Waals surface area (Å²) in [5, 5.41) is 14.4. The lowest BCUT2D eigenvalue weighted by molar-refractivity contribution is -0.168. The highest BCUT2D eigenvalue weighted by molar-refractivity contribution is 5.96. The highest BCUT2D eigenvalue weighted by Gasteiger charge is 2.56. The molecule has 5 rings (SSSR count). The summed E-state index contributed by atoms with van der Waals surface area (Å²) in [4.78, 5) is 12.8. The van der Waals surface area contributed by atoms with E-state index in [2.05, 4.69) is 5.32 Å². The maximum Gasteiger partial charge on any atom is 0.255 e. The first kappa shape index (κ1) is 18.8. The molecule has 0 aromatic heterocycles. The molecule has 4 fully saturated rings. The van der Waals surface area contributed by atoms with Crippen LogP contribution in [0.4, 0.5) is 0 Å². The van der Waals surface area contributed by atoms with Gasteiger partial charge in [-0.25, -0.2) is 0 Å². The Kier molecular flexibility index (Phi) is 5.42. The number of nitrogens with one attached hydrogen (secondary N) is 1. The van der Waals surface area contributed by atoms with Crippen LogP contribution in [0.15, 0.2) is 24.3 Å². The van der Waals surface area contributed by atoms with E-state index >= 15 is 0 Å². The number of ether oxygens (including phenoxy) is 2. The average molecular weight is 373 g/mol. The molecular weight excluding hydrogens is 342 g/mol. The Labute approximate surface area is 161 Å². The molecule has 1 amide bonds. The van der Waals surface area contributed by atoms with Gasteiger partial charge in [-0.2, -0.15) is 0 Å². The number of amides is 1. The number of carbonyl (C=O) groups is 1. The van der Waals surface area contributed by atoms with Crippen molar-refractivity contribution >= 4 is 5.91 Å². The molecule has 5 heteroatoms. The van der Waals surface area contributed by atoms with Crippen molar-refractivity contribution in [3.63, 3.8) is 0 Å². The van der Waals surface area contributed by atoms with Gasteiger partial charge >= 0.3 is 0 Å². The third-order valence-electron chi connectivity index (χ3n) is 6.91. The van der Waals surface area contributed by atoms with E-state index in [4.69, 9.17) is 9.47 Å². The number of para-hydroxylation sites is 1. The van der Waals surface area contributed by atoms with Crippen LogP contribution in [-0.2, 0) is 4.74 Å². The zero-order chi connectivity index (χ0) is 18.9. The Morgan fingerprint density at radius 3 is 2.44 bits per heavy atom. The molecule has 0 saturated heterocycles. The van der Waals surface area contributed by atoms with Crippen LogP contribution in [0.3, 0.4) is 0 Å². The van der Waals surface area contributed by atoms with Crippen LogP contribution in [-0.4, -0.2) is 43.0 Å². The number of hydrogen-bond acceptors (Lipinski definition) is 4. The third kappa shape index (κ3) is 3.72. The quantitative estimate of drug-likeness (QED) is 0.688.